The number of likely N-dealkylation sites (tertiary alicyclic amines) is 1. The van der Waals surface area contributed by atoms with E-state index < -0.39 is 56.5 Å². The van der Waals surface area contributed by atoms with Crippen LogP contribution in [0, 0.1) is 6.92 Å². The molecule has 1 saturated heterocycles. The quantitative estimate of drug-likeness (QED) is 0.460. The lowest BCUT2D eigenvalue weighted by Gasteiger charge is -2.34. The molecule has 1 saturated carbocycles. The van der Waals surface area contributed by atoms with Gasteiger partial charge in [0, 0.05) is 30.4 Å². The number of hydrogen-bond donors (Lipinski definition) is 2. The Labute approximate surface area is 235 Å². The topological polar surface area (TPSA) is 117 Å². The van der Waals surface area contributed by atoms with Crippen LogP contribution in [-0.2, 0) is 15.4 Å². The maximum Gasteiger partial charge on any atom is 0.430 e. The molecule has 2 heterocycles. The molecule has 1 aliphatic carbocycles. The number of aromatic nitrogens is 1. The van der Waals surface area contributed by atoms with E-state index in [2.05, 4.69) is 10.3 Å². The number of carbonyl (C=O) groups excluding carboxylic acids is 2. The first-order valence-corrected chi connectivity index (χ1v) is 15.3. The minimum absolute atomic E-state index is 0.0629. The summed E-state index contributed by atoms with van der Waals surface area (Å²) in [6.45, 7) is 3.43. The SMILES string of the molecule is Cc1cc(C(O)(C(F)(F)F)C(F)(F)F)ccc1-c1sc(C(=O)N[C@H]2C[C@H](S(C)(=O)=O)C2)nc1C(=O)N1CCC[C@@H]1C. The van der Waals surface area contributed by atoms with Gasteiger partial charge in [0.1, 0.15) is 15.5 Å². The standard InChI is InChI=1S/C25H27F6N3O5S2/c1-12-9-14(23(37,24(26,27)28)25(29,30)31)6-7-17(12)19-18(22(36)34-8-4-5-13(34)2)33-21(40-19)20(35)32-15-10-16(11-15)41(3,38)39/h6-7,9,13,15-16,37H,4-5,8,10-11H2,1-3H3,(H,32,35)/t13-,15-,16-/m0/s1. The van der Waals surface area contributed by atoms with Gasteiger partial charge < -0.3 is 15.3 Å². The number of aryl methyl sites for hydroxylation is 1. The first-order valence-electron chi connectivity index (χ1n) is 12.5. The zero-order chi connectivity index (χ0) is 30.7. The van der Waals surface area contributed by atoms with E-state index in [1.165, 1.54) is 11.8 Å². The summed E-state index contributed by atoms with van der Waals surface area (Å²) < 4.78 is 104. The lowest BCUT2D eigenvalue weighted by molar-refractivity contribution is -0.376. The molecule has 1 aromatic heterocycles. The Morgan fingerprint density at radius 1 is 1.12 bits per heavy atom. The Morgan fingerprint density at radius 2 is 1.73 bits per heavy atom. The number of nitrogens with zero attached hydrogens (tertiary/aromatic N) is 2. The zero-order valence-corrected chi connectivity index (χ0v) is 23.7. The molecule has 0 radical (unpaired) electrons. The molecule has 1 aliphatic heterocycles. The van der Waals surface area contributed by atoms with E-state index in [9.17, 15) is 49.5 Å². The predicted octanol–water partition coefficient (Wildman–Crippen LogP) is 4.36. The third-order valence-electron chi connectivity index (χ3n) is 7.58. The fraction of sp³-hybridized carbons (Fsp3) is 0.560. The van der Waals surface area contributed by atoms with Crippen molar-refractivity contribution in [1.29, 1.82) is 0 Å². The Hall–Kier alpha value is -2.72. The monoisotopic (exact) mass is 627 g/mol. The number of benzene rings is 1. The highest BCUT2D eigenvalue weighted by molar-refractivity contribution is 7.91. The third-order valence-corrected chi connectivity index (χ3v) is 10.3. The van der Waals surface area contributed by atoms with Gasteiger partial charge in [-0.3, -0.25) is 9.59 Å². The van der Waals surface area contributed by atoms with Gasteiger partial charge in [0.2, 0.25) is 0 Å². The van der Waals surface area contributed by atoms with E-state index in [1.807, 2.05) is 6.92 Å². The number of alkyl halides is 6. The summed E-state index contributed by atoms with van der Waals surface area (Å²) in [5.74, 6) is -1.24. The van der Waals surface area contributed by atoms with Gasteiger partial charge in [-0.05, 0) is 50.7 Å². The fourth-order valence-electron chi connectivity index (χ4n) is 5.03. The molecule has 2 aromatic rings. The molecule has 2 N–H and O–H groups in total. The van der Waals surface area contributed by atoms with Crippen molar-refractivity contribution in [3.63, 3.8) is 0 Å². The van der Waals surface area contributed by atoms with Crippen molar-refractivity contribution in [3.05, 3.63) is 40.0 Å². The summed E-state index contributed by atoms with van der Waals surface area (Å²) in [7, 11) is -3.27. The van der Waals surface area contributed by atoms with Crippen LogP contribution in [0.2, 0.25) is 0 Å². The molecule has 1 aromatic carbocycles. The van der Waals surface area contributed by atoms with E-state index in [-0.39, 0.29) is 45.6 Å². The molecule has 4 rings (SSSR count). The molecule has 0 bridgehead atoms. The second-order valence-electron chi connectivity index (χ2n) is 10.5. The van der Waals surface area contributed by atoms with E-state index in [4.69, 9.17) is 0 Å². The number of rotatable bonds is 6. The number of aliphatic hydroxyl groups is 1. The number of thiazole rings is 1. The Morgan fingerprint density at radius 3 is 2.22 bits per heavy atom. The molecular formula is C25H27F6N3O5S2. The van der Waals surface area contributed by atoms with E-state index in [1.54, 1.807) is 0 Å². The van der Waals surface area contributed by atoms with Crippen LogP contribution in [0.3, 0.4) is 0 Å². The summed E-state index contributed by atoms with van der Waals surface area (Å²) in [4.78, 5) is 32.3. The number of amides is 2. The van der Waals surface area contributed by atoms with Crippen LogP contribution in [0.15, 0.2) is 18.2 Å². The van der Waals surface area contributed by atoms with Crippen LogP contribution in [0.1, 0.15) is 64.0 Å². The average molecular weight is 628 g/mol. The Balaban J connectivity index is 1.73. The van der Waals surface area contributed by atoms with Crippen LogP contribution in [0.25, 0.3) is 10.4 Å². The molecule has 0 spiro atoms. The summed E-state index contributed by atoms with van der Waals surface area (Å²) in [5.41, 5.74) is -6.82. The first-order chi connectivity index (χ1) is 18.8. The van der Waals surface area contributed by atoms with Crippen molar-refractivity contribution in [2.24, 2.45) is 0 Å². The van der Waals surface area contributed by atoms with Crippen molar-refractivity contribution in [1.82, 2.24) is 15.2 Å². The van der Waals surface area contributed by atoms with E-state index in [0.717, 1.165) is 23.7 Å². The molecule has 226 valence electrons. The number of hydrogen-bond acceptors (Lipinski definition) is 7. The van der Waals surface area contributed by atoms with Crippen LogP contribution in [0.5, 0.6) is 0 Å². The molecule has 41 heavy (non-hydrogen) atoms. The summed E-state index contributed by atoms with van der Waals surface area (Å²) in [6.07, 6.45) is -9.23. The van der Waals surface area contributed by atoms with Crippen LogP contribution < -0.4 is 5.32 Å². The molecule has 8 nitrogen and oxygen atoms in total. The van der Waals surface area contributed by atoms with Gasteiger partial charge in [0.15, 0.2) is 5.01 Å². The Bertz CT molecular complexity index is 1450. The van der Waals surface area contributed by atoms with Gasteiger partial charge in [0.25, 0.3) is 17.4 Å². The lowest BCUT2D eigenvalue weighted by atomic mass is 9.89. The second-order valence-corrected chi connectivity index (χ2v) is 13.8. The van der Waals surface area contributed by atoms with Gasteiger partial charge in [-0.2, -0.15) is 26.3 Å². The fourth-order valence-corrected chi connectivity index (χ4v) is 7.24. The zero-order valence-electron chi connectivity index (χ0n) is 22.1. The third kappa shape index (κ3) is 5.69. The average Bonchev–Trinajstić information content (AvgIpc) is 3.44. The van der Waals surface area contributed by atoms with Crippen LogP contribution in [0.4, 0.5) is 26.3 Å². The normalized spacial score (nSPS) is 22.0. The molecule has 16 heteroatoms. The first kappa shape index (κ1) is 31.2. The van der Waals surface area contributed by atoms with Crippen molar-refractivity contribution in [3.8, 4) is 10.4 Å². The van der Waals surface area contributed by atoms with E-state index in [0.29, 0.717) is 31.5 Å². The van der Waals surface area contributed by atoms with Crippen LogP contribution in [-0.4, -0.2) is 77.7 Å². The molecule has 1 atom stereocenters. The van der Waals surface area contributed by atoms with Crippen molar-refractivity contribution < 1.29 is 49.5 Å². The van der Waals surface area contributed by atoms with Gasteiger partial charge in [-0.15, -0.1) is 11.3 Å². The van der Waals surface area contributed by atoms with Crippen molar-refractivity contribution in [2.45, 2.75) is 74.8 Å². The smallest absolute Gasteiger partial charge is 0.369 e. The van der Waals surface area contributed by atoms with Gasteiger partial charge in [-0.1, -0.05) is 18.2 Å². The van der Waals surface area contributed by atoms with Crippen molar-refractivity contribution >= 4 is 33.0 Å². The van der Waals surface area contributed by atoms with Gasteiger partial charge >= 0.3 is 12.4 Å². The highest BCUT2D eigenvalue weighted by Gasteiger charge is 2.71. The largest absolute Gasteiger partial charge is 0.430 e. The number of sulfone groups is 1. The summed E-state index contributed by atoms with van der Waals surface area (Å²) >= 11 is 0.735. The molecular weight excluding hydrogens is 600 g/mol. The van der Waals surface area contributed by atoms with E-state index >= 15 is 0 Å². The highest BCUT2D eigenvalue weighted by atomic mass is 32.2. The minimum atomic E-state index is -6.07. The van der Waals surface area contributed by atoms with Gasteiger partial charge in [0.05, 0.1) is 10.1 Å². The highest BCUT2D eigenvalue weighted by Crippen LogP contribution is 2.50. The number of halogens is 6. The maximum absolute atomic E-state index is 13.5. The summed E-state index contributed by atoms with van der Waals surface area (Å²) in [5, 5.41) is 11.7. The van der Waals surface area contributed by atoms with Gasteiger partial charge in [-0.25, -0.2) is 13.4 Å². The molecule has 0 unspecified atom stereocenters. The second kappa shape index (κ2) is 10.5. The Kier molecular flexibility index (Phi) is 8.01. The molecule has 2 aliphatic rings. The van der Waals surface area contributed by atoms with Crippen LogP contribution >= 0.6 is 11.3 Å². The van der Waals surface area contributed by atoms with Crippen molar-refractivity contribution in [2.75, 3.05) is 12.8 Å². The molecule has 2 fully saturated rings. The summed E-state index contributed by atoms with van der Waals surface area (Å²) in [6, 6.07) is 1.34. The lowest BCUT2D eigenvalue weighted by Crippen LogP contribution is -2.53. The number of carbonyl (C=O) groups is 2. The maximum atomic E-state index is 13.5. The minimum Gasteiger partial charge on any atom is -0.369 e. The predicted molar refractivity (Wildman–Crippen MR) is 137 cm³/mol. The molecule has 2 amide bonds. The number of nitrogens with one attached hydrogen (secondary N) is 1.